The average Bonchev–Trinajstić information content (AvgIpc) is 2.73. The Morgan fingerprint density at radius 3 is 2.18 bits per heavy atom. The molecule has 0 aliphatic carbocycles. The first-order chi connectivity index (χ1) is 13.3. The number of sulfonamides is 1. The predicted octanol–water partition coefficient (Wildman–Crippen LogP) is 3.66. The number of carbonyl (C=O) groups excluding carboxylic acids is 1. The van der Waals surface area contributed by atoms with Crippen molar-refractivity contribution in [1.29, 1.82) is 0 Å². The van der Waals surface area contributed by atoms with Gasteiger partial charge in [-0.15, -0.1) is 0 Å². The molecule has 6 heteroatoms. The molecule has 1 saturated heterocycles. The molecule has 1 amide bonds. The number of piperazine rings is 1. The van der Waals surface area contributed by atoms with Crippen LogP contribution in [0.5, 0.6) is 0 Å². The molecule has 0 unspecified atom stereocenters. The van der Waals surface area contributed by atoms with Gasteiger partial charge in [0.1, 0.15) is 0 Å². The lowest BCUT2D eigenvalue weighted by Gasteiger charge is -2.34. The van der Waals surface area contributed by atoms with Gasteiger partial charge < -0.3 is 4.90 Å². The van der Waals surface area contributed by atoms with Crippen LogP contribution in [0.25, 0.3) is 0 Å². The van der Waals surface area contributed by atoms with E-state index in [9.17, 15) is 13.2 Å². The zero-order valence-corrected chi connectivity index (χ0v) is 17.6. The Kier molecular flexibility index (Phi) is 6.20. The molecule has 1 aliphatic rings. The third-order valence-electron chi connectivity index (χ3n) is 5.60. The number of hydrogen-bond donors (Lipinski definition) is 0. The van der Waals surface area contributed by atoms with E-state index < -0.39 is 10.0 Å². The van der Waals surface area contributed by atoms with Gasteiger partial charge in [-0.05, 0) is 48.6 Å². The number of amides is 1. The second kappa shape index (κ2) is 8.45. The van der Waals surface area contributed by atoms with Gasteiger partial charge in [0.15, 0.2) is 0 Å². The minimum atomic E-state index is -3.54. The van der Waals surface area contributed by atoms with Gasteiger partial charge >= 0.3 is 0 Å². The van der Waals surface area contributed by atoms with Crippen molar-refractivity contribution >= 4 is 15.9 Å². The molecule has 1 atom stereocenters. The Balaban J connectivity index is 1.68. The monoisotopic (exact) mass is 400 g/mol. The SMILES string of the molecule is CC[C@@H](C)c1ccc(S(=O)(=O)N2CCN(C(=O)c3ccccc3C)CC2)cc1. The van der Waals surface area contributed by atoms with E-state index in [1.54, 1.807) is 17.0 Å². The smallest absolute Gasteiger partial charge is 0.254 e. The van der Waals surface area contributed by atoms with Crippen molar-refractivity contribution in [2.45, 2.75) is 38.0 Å². The molecule has 2 aromatic carbocycles. The van der Waals surface area contributed by atoms with Crippen LogP contribution in [0.15, 0.2) is 53.4 Å². The highest BCUT2D eigenvalue weighted by Gasteiger charge is 2.30. The third kappa shape index (κ3) is 4.13. The zero-order valence-electron chi connectivity index (χ0n) is 16.8. The summed E-state index contributed by atoms with van der Waals surface area (Å²) in [5, 5.41) is 0. The van der Waals surface area contributed by atoms with Gasteiger partial charge in [0.25, 0.3) is 5.91 Å². The van der Waals surface area contributed by atoms with Crippen LogP contribution >= 0.6 is 0 Å². The van der Waals surface area contributed by atoms with Crippen molar-refractivity contribution in [3.8, 4) is 0 Å². The molecule has 1 fully saturated rings. The summed E-state index contributed by atoms with van der Waals surface area (Å²) in [6.45, 7) is 7.59. The van der Waals surface area contributed by atoms with E-state index in [0.717, 1.165) is 17.5 Å². The Morgan fingerprint density at radius 1 is 1.00 bits per heavy atom. The highest BCUT2D eigenvalue weighted by Crippen LogP contribution is 2.23. The molecule has 5 nitrogen and oxygen atoms in total. The van der Waals surface area contributed by atoms with Crippen LogP contribution in [0.2, 0.25) is 0 Å². The van der Waals surface area contributed by atoms with E-state index in [1.165, 1.54) is 4.31 Å². The quantitative estimate of drug-likeness (QED) is 0.770. The fourth-order valence-electron chi connectivity index (χ4n) is 3.47. The molecule has 3 rings (SSSR count). The average molecular weight is 401 g/mol. The minimum absolute atomic E-state index is 0.0342. The van der Waals surface area contributed by atoms with Gasteiger partial charge in [-0.2, -0.15) is 4.31 Å². The highest BCUT2D eigenvalue weighted by molar-refractivity contribution is 7.89. The first-order valence-corrected chi connectivity index (χ1v) is 11.2. The molecule has 1 aliphatic heterocycles. The van der Waals surface area contributed by atoms with Crippen molar-refractivity contribution in [3.63, 3.8) is 0 Å². The summed E-state index contributed by atoms with van der Waals surface area (Å²) in [5.41, 5.74) is 2.76. The van der Waals surface area contributed by atoms with Gasteiger partial charge in [0.2, 0.25) is 10.0 Å². The third-order valence-corrected chi connectivity index (χ3v) is 7.51. The van der Waals surface area contributed by atoms with Crippen LogP contribution in [0.3, 0.4) is 0 Å². The van der Waals surface area contributed by atoms with Crippen LogP contribution in [0.1, 0.15) is 47.7 Å². The van der Waals surface area contributed by atoms with E-state index in [2.05, 4.69) is 13.8 Å². The number of hydrogen-bond acceptors (Lipinski definition) is 3. The normalized spacial score (nSPS) is 16.8. The Hall–Kier alpha value is -2.18. The molecular weight excluding hydrogens is 372 g/mol. The molecule has 28 heavy (non-hydrogen) atoms. The molecule has 0 bridgehead atoms. The van der Waals surface area contributed by atoms with Gasteiger partial charge in [-0.3, -0.25) is 4.79 Å². The van der Waals surface area contributed by atoms with E-state index in [0.29, 0.717) is 42.6 Å². The van der Waals surface area contributed by atoms with E-state index >= 15 is 0 Å². The molecule has 0 spiro atoms. The number of aryl methyl sites for hydroxylation is 1. The number of carbonyl (C=O) groups is 1. The number of benzene rings is 2. The summed E-state index contributed by atoms with van der Waals surface area (Å²) >= 11 is 0. The molecule has 0 N–H and O–H groups in total. The summed E-state index contributed by atoms with van der Waals surface area (Å²) in [6, 6.07) is 14.7. The maximum Gasteiger partial charge on any atom is 0.254 e. The van der Waals surface area contributed by atoms with Crippen molar-refractivity contribution < 1.29 is 13.2 Å². The van der Waals surface area contributed by atoms with Gasteiger partial charge in [0.05, 0.1) is 4.90 Å². The molecular formula is C22H28N2O3S. The van der Waals surface area contributed by atoms with E-state index in [-0.39, 0.29) is 5.91 Å². The second-order valence-corrected chi connectivity index (χ2v) is 9.33. The summed E-state index contributed by atoms with van der Waals surface area (Å²) in [7, 11) is -3.54. The largest absolute Gasteiger partial charge is 0.336 e. The fourth-order valence-corrected chi connectivity index (χ4v) is 4.89. The predicted molar refractivity (Wildman–Crippen MR) is 111 cm³/mol. The zero-order chi connectivity index (χ0) is 20.3. The minimum Gasteiger partial charge on any atom is -0.336 e. The van der Waals surface area contributed by atoms with Gasteiger partial charge in [0, 0.05) is 31.7 Å². The number of nitrogens with zero attached hydrogens (tertiary/aromatic N) is 2. The van der Waals surface area contributed by atoms with Crippen LogP contribution in [-0.4, -0.2) is 49.7 Å². The second-order valence-electron chi connectivity index (χ2n) is 7.39. The summed E-state index contributed by atoms with van der Waals surface area (Å²) in [5.74, 6) is 0.376. The van der Waals surface area contributed by atoms with Crippen molar-refractivity contribution in [3.05, 3.63) is 65.2 Å². The number of rotatable bonds is 5. The van der Waals surface area contributed by atoms with Crippen molar-refractivity contribution in [2.24, 2.45) is 0 Å². The van der Waals surface area contributed by atoms with Crippen LogP contribution in [0.4, 0.5) is 0 Å². The lowest BCUT2D eigenvalue weighted by molar-refractivity contribution is 0.0697. The first-order valence-electron chi connectivity index (χ1n) is 9.79. The van der Waals surface area contributed by atoms with Crippen LogP contribution in [0, 0.1) is 6.92 Å². The lowest BCUT2D eigenvalue weighted by atomic mass is 9.99. The molecule has 1 heterocycles. The standard InChI is InChI=1S/C22H28N2O3S/c1-4-17(2)19-9-11-20(12-10-19)28(26,27)24-15-13-23(14-16-24)22(25)21-8-6-5-7-18(21)3/h5-12,17H,4,13-16H2,1-3H3/t17-/m1/s1. The molecule has 0 radical (unpaired) electrons. The Labute approximate surface area is 168 Å². The van der Waals surface area contributed by atoms with Crippen molar-refractivity contribution in [2.75, 3.05) is 26.2 Å². The summed E-state index contributed by atoms with van der Waals surface area (Å²) in [4.78, 5) is 14.8. The van der Waals surface area contributed by atoms with Crippen LogP contribution in [-0.2, 0) is 10.0 Å². The summed E-state index contributed by atoms with van der Waals surface area (Å²) in [6.07, 6.45) is 1.02. The van der Waals surface area contributed by atoms with Crippen LogP contribution < -0.4 is 0 Å². The fraction of sp³-hybridized carbons (Fsp3) is 0.409. The topological polar surface area (TPSA) is 57.7 Å². The Bertz CT molecular complexity index is 931. The van der Waals surface area contributed by atoms with Crippen molar-refractivity contribution in [1.82, 2.24) is 9.21 Å². The molecule has 150 valence electrons. The Morgan fingerprint density at radius 2 is 1.61 bits per heavy atom. The van der Waals surface area contributed by atoms with E-state index in [1.807, 2.05) is 43.3 Å². The first kappa shape index (κ1) is 20.6. The van der Waals surface area contributed by atoms with Gasteiger partial charge in [-0.25, -0.2) is 8.42 Å². The molecule has 0 aromatic heterocycles. The molecule has 2 aromatic rings. The van der Waals surface area contributed by atoms with Gasteiger partial charge in [-0.1, -0.05) is 44.2 Å². The maximum atomic E-state index is 13.0. The lowest BCUT2D eigenvalue weighted by Crippen LogP contribution is -2.50. The maximum absolute atomic E-state index is 13.0. The van der Waals surface area contributed by atoms with E-state index in [4.69, 9.17) is 0 Å². The summed E-state index contributed by atoms with van der Waals surface area (Å²) < 4.78 is 27.4. The highest BCUT2D eigenvalue weighted by atomic mass is 32.2. The molecule has 0 saturated carbocycles.